The van der Waals surface area contributed by atoms with Gasteiger partial charge < -0.3 is 20.1 Å². The molecule has 6 heteroatoms. The number of aliphatic hydroxyl groups is 3. The van der Waals surface area contributed by atoms with E-state index in [2.05, 4.69) is 0 Å². The van der Waals surface area contributed by atoms with Gasteiger partial charge in [-0.15, -0.1) is 0 Å². The van der Waals surface area contributed by atoms with Crippen molar-refractivity contribution in [3.63, 3.8) is 0 Å². The first kappa shape index (κ1) is 15.4. The molecular weight excluding hydrogens is 286 g/mol. The first-order valence-electron chi connectivity index (χ1n) is 7.54. The number of carbonyl (C=O) groups is 1. The number of esters is 1. The smallest absolute Gasteiger partial charge is 0.338 e. The second kappa shape index (κ2) is 5.96. The molecular formula is C16H21NO5. The van der Waals surface area contributed by atoms with Crippen molar-refractivity contribution in [3.8, 4) is 0 Å². The van der Waals surface area contributed by atoms with E-state index < -0.39 is 36.4 Å². The lowest BCUT2D eigenvalue weighted by Crippen LogP contribution is -2.62. The lowest BCUT2D eigenvalue weighted by Gasteiger charge is -2.42. The van der Waals surface area contributed by atoms with E-state index in [-0.39, 0.29) is 0 Å². The lowest BCUT2D eigenvalue weighted by molar-refractivity contribution is -0.143. The second-order valence-electron chi connectivity index (χ2n) is 6.08. The standard InChI is InChI=1S/C16H21NO5/c1-9-4-2-3-5-10(9)16(21)22-12-8-17-7-6-11(18)13(17)15(20)14(12)19/h2-5,11-15,18-20H,6-8H2,1H3/t11-,12?,13?,14?,15?/m0/s1. The number of aliphatic hydroxyl groups excluding tert-OH is 3. The maximum Gasteiger partial charge on any atom is 0.338 e. The largest absolute Gasteiger partial charge is 0.455 e. The Morgan fingerprint density at radius 1 is 1.23 bits per heavy atom. The second-order valence-corrected chi connectivity index (χ2v) is 6.08. The van der Waals surface area contributed by atoms with Gasteiger partial charge in [-0.2, -0.15) is 0 Å². The van der Waals surface area contributed by atoms with Crippen LogP contribution in [0.1, 0.15) is 22.3 Å². The Morgan fingerprint density at radius 2 is 1.95 bits per heavy atom. The Bertz CT molecular complexity index is 563. The molecule has 2 saturated heterocycles. The van der Waals surface area contributed by atoms with Gasteiger partial charge in [0.1, 0.15) is 18.3 Å². The van der Waals surface area contributed by atoms with Crippen LogP contribution in [0.2, 0.25) is 0 Å². The Balaban J connectivity index is 1.73. The maximum absolute atomic E-state index is 12.3. The predicted octanol–water partition coefficient (Wildman–Crippen LogP) is -0.309. The number of aryl methyl sites for hydroxylation is 1. The van der Waals surface area contributed by atoms with Crippen molar-refractivity contribution < 1.29 is 24.9 Å². The molecule has 0 amide bonds. The quantitative estimate of drug-likeness (QED) is 0.650. The van der Waals surface area contributed by atoms with Gasteiger partial charge in [-0.3, -0.25) is 4.90 Å². The van der Waals surface area contributed by atoms with E-state index in [0.717, 1.165) is 5.56 Å². The molecule has 2 aliphatic rings. The number of rotatable bonds is 2. The Labute approximate surface area is 128 Å². The number of carbonyl (C=O) groups excluding carboxylic acids is 1. The highest BCUT2D eigenvalue weighted by molar-refractivity contribution is 5.91. The summed E-state index contributed by atoms with van der Waals surface area (Å²) in [6, 6.07) is 6.59. The van der Waals surface area contributed by atoms with Crippen LogP contribution < -0.4 is 0 Å². The highest BCUT2D eigenvalue weighted by Gasteiger charge is 2.49. The summed E-state index contributed by atoms with van der Waals surface area (Å²) in [5, 5.41) is 30.3. The molecule has 2 aliphatic heterocycles. The highest BCUT2D eigenvalue weighted by Crippen LogP contribution is 2.29. The predicted molar refractivity (Wildman–Crippen MR) is 78.4 cm³/mol. The highest BCUT2D eigenvalue weighted by atomic mass is 16.6. The van der Waals surface area contributed by atoms with Gasteiger partial charge in [0, 0.05) is 13.1 Å². The van der Waals surface area contributed by atoms with Gasteiger partial charge in [0.25, 0.3) is 0 Å². The summed E-state index contributed by atoms with van der Waals surface area (Å²) in [6.07, 6.45) is -3.23. The number of piperidine rings is 1. The summed E-state index contributed by atoms with van der Waals surface area (Å²) < 4.78 is 5.41. The van der Waals surface area contributed by atoms with Gasteiger partial charge in [-0.05, 0) is 25.0 Å². The molecule has 6 nitrogen and oxygen atoms in total. The topological polar surface area (TPSA) is 90.2 Å². The van der Waals surface area contributed by atoms with Crippen molar-refractivity contribution in [2.24, 2.45) is 0 Å². The molecule has 5 atom stereocenters. The van der Waals surface area contributed by atoms with E-state index in [1.807, 2.05) is 24.0 Å². The van der Waals surface area contributed by atoms with Gasteiger partial charge in [-0.25, -0.2) is 4.79 Å². The first-order valence-corrected chi connectivity index (χ1v) is 7.54. The molecule has 3 N–H and O–H groups in total. The summed E-state index contributed by atoms with van der Waals surface area (Å²) in [5.74, 6) is -0.507. The molecule has 1 aromatic carbocycles. The normalized spacial score (nSPS) is 35.2. The zero-order valence-corrected chi connectivity index (χ0v) is 12.4. The van der Waals surface area contributed by atoms with Gasteiger partial charge in [-0.1, -0.05) is 18.2 Å². The molecule has 0 spiro atoms. The lowest BCUT2D eigenvalue weighted by atomic mass is 9.93. The molecule has 22 heavy (non-hydrogen) atoms. The third-order valence-electron chi connectivity index (χ3n) is 4.65. The number of benzene rings is 1. The van der Waals surface area contributed by atoms with Crippen molar-refractivity contribution in [2.45, 2.75) is 43.8 Å². The molecule has 0 bridgehead atoms. The molecule has 2 fully saturated rings. The molecule has 0 radical (unpaired) electrons. The molecule has 4 unspecified atom stereocenters. The van der Waals surface area contributed by atoms with Crippen molar-refractivity contribution >= 4 is 5.97 Å². The minimum Gasteiger partial charge on any atom is -0.455 e. The zero-order valence-electron chi connectivity index (χ0n) is 12.4. The SMILES string of the molecule is Cc1ccccc1C(=O)OC1CN2CC[C@H](O)C2C(O)C1O. The van der Waals surface area contributed by atoms with Gasteiger partial charge in [0.15, 0.2) is 0 Å². The van der Waals surface area contributed by atoms with Crippen molar-refractivity contribution in [2.75, 3.05) is 13.1 Å². The van der Waals surface area contributed by atoms with E-state index in [4.69, 9.17) is 4.74 Å². The van der Waals surface area contributed by atoms with Gasteiger partial charge in [0.2, 0.25) is 0 Å². The Hall–Kier alpha value is -1.47. The van der Waals surface area contributed by atoms with E-state index >= 15 is 0 Å². The third-order valence-corrected chi connectivity index (χ3v) is 4.65. The molecule has 0 aliphatic carbocycles. The third kappa shape index (κ3) is 2.63. The monoisotopic (exact) mass is 307 g/mol. The van der Waals surface area contributed by atoms with E-state index in [9.17, 15) is 20.1 Å². The fourth-order valence-electron chi connectivity index (χ4n) is 3.39. The van der Waals surface area contributed by atoms with E-state index in [0.29, 0.717) is 25.1 Å². The number of hydrogen-bond acceptors (Lipinski definition) is 6. The van der Waals surface area contributed by atoms with Crippen LogP contribution in [0.4, 0.5) is 0 Å². The molecule has 1 aromatic rings. The number of hydrogen-bond donors (Lipinski definition) is 3. The van der Waals surface area contributed by atoms with Crippen LogP contribution >= 0.6 is 0 Å². The molecule has 3 rings (SSSR count). The summed E-state index contributed by atoms with van der Waals surface area (Å²) in [5.41, 5.74) is 1.25. The van der Waals surface area contributed by atoms with Gasteiger partial charge >= 0.3 is 5.97 Å². The van der Waals surface area contributed by atoms with Crippen LogP contribution in [0.5, 0.6) is 0 Å². The number of fused-ring (bicyclic) bond motifs is 1. The fraction of sp³-hybridized carbons (Fsp3) is 0.562. The summed E-state index contributed by atoms with van der Waals surface area (Å²) >= 11 is 0. The van der Waals surface area contributed by atoms with Crippen molar-refractivity contribution in [3.05, 3.63) is 35.4 Å². The number of nitrogens with zero attached hydrogens (tertiary/aromatic N) is 1. The van der Waals surface area contributed by atoms with Crippen LogP contribution in [0.3, 0.4) is 0 Å². The van der Waals surface area contributed by atoms with E-state index in [1.54, 1.807) is 12.1 Å². The van der Waals surface area contributed by atoms with E-state index in [1.165, 1.54) is 0 Å². The van der Waals surface area contributed by atoms with Crippen molar-refractivity contribution in [1.82, 2.24) is 4.90 Å². The average molecular weight is 307 g/mol. The van der Waals surface area contributed by atoms with Crippen LogP contribution in [0, 0.1) is 6.92 Å². The number of ether oxygens (including phenoxy) is 1. The van der Waals surface area contributed by atoms with Gasteiger partial charge in [0.05, 0.1) is 17.7 Å². The van der Waals surface area contributed by atoms with Crippen LogP contribution in [0.25, 0.3) is 0 Å². The molecule has 0 saturated carbocycles. The minimum atomic E-state index is -1.19. The summed E-state index contributed by atoms with van der Waals surface area (Å²) in [4.78, 5) is 14.1. The summed E-state index contributed by atoms with van der Waals surface area (Å²) in [7, 11) is 0. The Morgan fingerprint density at radius 3 is 2.68 bits per heavy atom. The molecule has 0 aromatic heterocycles. The van der Waals surface area contributed by atoms with Crippen LogP contribution in [-0.2, 0) is 4.74 Å². The Kier molecular flexibility index (Phi) is 4.18. The average Bonchev–Trinajstić information content (AvgIpc) is 2.86. The minimum absolute atomic E-state index is 0.317. The van der Waals surface area contributed by atoms with Crippen molar-refractivity contribution in [1.29, 1.82) is 0 Å². The van der Waals surface area contributed by atoms with Crippen LogP contribution in [0.15, 0.2) is 24.3 Å². The fourth-order valence-corrected chi connectivity index (χ4v) is 3.39. The summed E-state index contributed by atoms with van der Waals surface area (Å²) in [6.45, 7) is 2.75. The molecule has 120 valence electrons. The maximum atomic E-state index is 12.3. The first-order chi connectivity index (χ1) is 10.5. The zero-order chi connectivity index (χ0) is 15.9. The van der Waals surface area contributed by atoms with Crippen LogP contribution in [-0.4, -0.2) is 69.7 Å². The molecule has 2 heterocycles.